The molecule has 2 aromatic carbocycles. The molecule has 0 amide bonds. The number of carboxylic acid groups (broad SMARTS) is 1. The molecule has 1 saturated heterocycles. The third-order valence-electron chi connectivity index (χ3n) is 6.39. The van der Waals surface area contributed by atoms with Crippen molar-refractivity contribution in [1.29, 1.82) is 0 Å². The predicted molar refractivity (Wildman–Crippen MR) is 165 cm³/mol. The van der Waals surface area contributed by atoms with Crippen LogP contribution >= 0.6 is 37.2 Å². The Morgan fingerprint density at radius 3 is 2.21 bits per heavy atom. The van der Waals surface area contributed by atoms with Gasteiger partial charge in [-0.2, -0.15) is 0 Å². The molecule has 0 aliphatic carbocycles. The zero-order valence-corrected chi connectivity index (χ0v) is 25.6. The van der Waals surface area contributed by atoms with E-state index >= 15 is 0 Å². The van der Waals surface area contributed by atoms with E-state index in [1.165, 1.54) is 0 Å². The number of benzene rings is 2. The van der Waals surface area contributed by atoms with Crippen LogP contribution in [0.4, 0.5) is 11.5 Å². The van der Waals surface area contributed by atoms with Crippen LogP contribution in [0, 0.1) is 5.92 Å². The summed E-state index contributed by atoms with van der Waals surface area (Å²) < 4.78 is 28.5. The monoisotopic (exact) mass is 618 g/mol. The minimum absolute atomic E-state index is 0. The van der Waals surface area contributed by atoms with Gasteiger partial charge in [-0.05, 0) is 67.3 Å². The van der Waals surface area contributed by atoms with Crippen LogP contribution in [0.1, 0.15) is 43.1 Å². The Morgan fingerprint density at radius 2 is 1.64 bits per heavy atom. The van der Waals surface area contributed by atoms with Gasteiger partial charge in [-0.25, -0.2) is 18.2 Å². The third-order valence-corrected chi connectivity index (χ3v) is 7.79. The van der Waals surface area contributed by atoms with Gasteiger partial charge in [0.05, 0.1) is 16.0 Å². The van der Waals surface area contributed by atoms with Gasteiger partial charge >= 0.3 is 5.97 Å². The maximum absolute atomic E-state index is 13.0. The largest absolute Gasteiger partial charge is 0.478 e. The molecule has 4 rings (SSSR count). The van der Waals surface area contributed by atoms with Gasteiger partial charge < -0.3 is 10.0 Å². The predicted octanol–water partition coefficient (Wildman–Crippen LogP) is 5.73. The van der Waals surface area contributed by atoms with Crippen molar-refractivity contribution in [3.8, 4) is 0 Å². The number of nitrogens with one attached hydrogen (secondary N) is 1. The number of pyridine rings is 1. The SMILES string of the molecule is CCCN1CCN(c2cc(C(=O)O)c3cc(NS(=O)(=O)c4ccc(CC(C)C)cc4)ccc3n2)CC1.Cl.Cl.Cl. The van der Waals surface area contributed by atoms with Crippen molar-refractivity contribution in [3.63, 3.8) is 0 Å². The maximum Gasteiger partial charge on any atom is 0.336 e. The fourth-order valence-corrected chi connectivity index (χ4v) is 5.67. The minimum Gasteiger partial charge on any atom is -0.478 e. The van der Waals surface area contributed by atoms with Crippen LogP contribution in [0.2, 0.25) is 0 Å². The van der Waals surface area contributed by atoms with Gasteiger partial charge in [0, 0.05) is 37.3 Å². The van der Waals surface area contributed by atoms with Gasteiger partial charge in [-0.1, -0.05) is 32.9 Å². The summed E-state index contributed by atoms with van der Waals surface area (Å²) in [7, 11) is -3.83. The van der Waals surface area contributed by atoms with Crippen molar-refractivity contribution in [2.24, 2.45) is 5.92 Å². The van der Waals surface area contributed by atoms with E-state index in [1.807, 2.05) is 12.1 Å². The molecule has 2 N–H and O–H groups in total. The van der Waals surface area contributed by atoms with Crippen LogP contribution in [-0.4, -0.2) is 62.1 Å². The van der Waals surface area contributed by atoms with E-state index in [-0.39, 0.29) is 47.7 Å². The van der Waals surface area contributed by atoms with E-state index in [0.29, 0.717) is 28.3 Å². The van der Waals surface area contributed by atoms with Crippen LogP contribution in [0.25, 0.3) is 10.9 Å². The van der Waals surface area contributed by atoms with Gasteiger partial charge in [0.25, 0.3) is 10.0 Å². The molecular weight excluding hydrogens is 583 g/mol. The molecule has 1 aliphatic rings. The average molecular weight is 620 g/mol. The van der Waals surface area contributed by atoms with E-state index in [9.17, 15) is 18.3 Å². The zero-order valence-electron chi connectivity index (χ0n) is 22.3. The van der Waals surface area contributed by atoms with Crippen LogP contribution in [0.15, 0.2) is 53.4 Å². The second kappa shape index (κ2) is 14.9. The Hall–Kier alpha value is -2.30. The number of piperazine rings is 1. The molecule has 0 saturated carbocycles. The molecule has 12 heteroatoms. The smallest absolute Gasteiger partial charge is 0.336 e. The van der Waals surface area contributed by atoms with Crippen molar-refractivity contribution in [3.05, 3.63) is 59.7 Å². The molecule has 39 heavy (non-hydrogen) atoms. The highest BCUT2D eigenvalue weighted by molar-refractivity contribution is 7.92. The lowest BCUT2D eigenvalue weighted by molar-refractivity contribution is 0.0699. The standard InChI is InChI=1S/C27H34N4O4S.3ClH/c1-4-11-30-12-14-31(15-13-30)26-18-24(27(32)33)23-17-21(7-10-25(23)28-26)29-36(34,35)22-8-5-20(6-9-22)16-19(2)3;;;/h5-10,17-19,29H,4,11-16H2,1-3H3,(H,32,33);3*1H. The number of carbonyl (C=O) groups is 1. The van der Waals surface area contributed by atoms with E-state index in [0.717, 1.165) is 51.1 Å². The van der Waals surface area contributed by atoms with Crippen LogP contribution in [-0.2, 0) is 16.4 Å². The summed E-state index contributed by atoms with van der Waals surface area (Å²) in [4.78, 5) is 21.5. The molecule has 3 aromatic rings. The van der Waals surface area contributed by atoms with Crippen molar-refractivity contribution in [2.45, 2.75) is 38.5 Å². The van der Waals surface area contributed by atoms with Crippen molar-refractivity contribution in [2.75, 3.05) is 42.3 Å². The number of rotatable bonds is 9. The molecule has 0 bridgehead atoms. The lowest BCUT2D eigenvalue weighted by Gasteiger charge is -2.35. The summed E-state index contributed by atoms with van der Waals surface area (Å²) in [5, 5.41) is 10.3. The van der Waals surface area contributed by atoms with Crippen LogP contribution < -0.4 is 9.62 Å². The Morgan fingerprint density at radius 1 is 1.00 bits per heavy atom. The van der Waals surface area contributed by atoms with Gasteiger partial charge in [0.1, 0.15) is 5.82 Å². The Labute approximate surface area is 249 Å². The first-order valence-electron chi connectivity index (χ1n) is 12.4. The number of aromatic nitrogens is 1. The zero-order chi connectivity index (χ0) is 25.9. The van der Waals surface area contributed by atoms with E-state index in [2.05, 4.69) is 35.3 Å². The van der Waals surface area contributed by atoms with Crippen LogP contribution in [0.5, 0.6) is 0 Å². The number of hydrogen-bond acceptors (Lipinski definition) is 6. The summed E-state index contributed by atoms with van der Waals surface area (Å²) >= 11 is 0. The molecule has 0 atom stereocenters. The minimum atomic E-state index is -3.83. The Bertz CT molecular complexity index is 1350. The summed E-state index contributed by atoms with van der Waals surface area (Å²) in [6.07, 6.45) is 1.98. The van der Waals surface area contributed by atoms with Crippen LogP contribution in [0.3, 0.4) is 0 Å². The second-order valence-corrected chi connectivity index (χ2v) is 11.4. The maximum atomic E-state index is 13.0. The number of carboxylic acids is 1. The molecule has 0 unspecified atom stereocenters. The molecule has 0 spiro atoms. The number of fused-ring (bicyclic) bond motifs is 1. The van der Waals surface area contributed by atoms with Crippen molar-refractivity contribution >= 4 is 75.6 Å². The summed E-state index contributed by atoms with van der Waals surface area (Å²) in [5.74, 6) is 0.0336. The molecule has 8 nitrogen and oxygen atoms in total. The molecule has 1 fully saturated rings. The normalized spacial score (nSPS) is 13.8. The fourth-order valence-electron chi connectivity index (χ4n) is 4.62. The number of anilines is 2. The lowest BCUT2D eigenvalue weighted by Crippen LogP contribution is -2.46. The molecule has 1 aromatic heterocycles. The van der Waals surface area contributed by atoms with E-state index < -0.39 is 16.0 Å². The highest BCUT2D eigenvalue weighted by atomic mass is 35.5. The first kappa shape index (κ1) is 34.7. The number of hydrogen-bond donors (Lipinski definition) is 2. The molecular formula is C27H37Cl3N4O4S. The topological polar surface area (TPSA) is 103 Å². The Balaban J connectivity index is 0.00000253. The molecule has 216 valence electrons. The first-order chi connectivity index (χ1) is 17.2. The third kappa shape index (κ3) is 8.59. The van der Waals surface area contributed by atoms with E-state index in [4.69, 9.17) is 4.98 Å². The van der Waals surface area contributed by atoms with Gasteiger partial charge in [-0.15, -0.1) is 37.2 Å². The molecule has 1 aliphatic heterocycles. The highest BCUT2D eigenvalue weighted by Gasteiger charge is 2.21. The number of aromatic carboxylic acids is 1. The highest BCUT2D eigenvalue weighted by Crippen LogP contribution is 2.28. The fraction of sp³-hybridized carbons (Fsp3) is 0.407. The van der Waals surface area contributed by atoms with Gasteiger partial charge in [-0.3, -0.25) is 9.62 Å². The lowest BCUT2D eigenvalue weighted by atomic mass is 10.0. The Kier molecular flexibility index (Phi) is 13.3. The first-order valence-corrected chi connectivity index (χ1v) is 13.9. The van der Waals surface area contributed by atoms with Gasteiger partial charge in [0.2, 0.25) is 0 Å². The summed E-state index contributed by atoms with van der Waals surface area (Å²) in [6.45, 7) is 10.8. The number of halogens is 3. The summed E-state index contributed by atoms with van der Waals surface area (Å²) in [6, 6.07) is 13.3. The summed E-state index contributed by atoms with van der Waals surface area (Å²) in [5.41, 5.74) is 1.99. The molecule has 0 radical (unpaired) electrons. The number of nitrogens with zero attached hydrogens (tertiary/aromatic N) is 3. The van der Waals surface area contributed by atoms with Crippen molar-refractivity contribution < 1.29 is 18.3 Å². The van der Waals surface area contributed by atoms with Crippen molar-refractivity contribution in [1.82, 2.24) is 9.88 Å². The van der Waals surface area contributed by atoms with Gasteiger partial charge in [0.15, 0.2) is 0 Å². The average Bonchev–Trinajstić information content (AvgIpc) is 2.84. The van der Waals surface area contributed by atoms with E-state index in [1.54, 1.807) is 36.4 Å². The molecule has 2 heterocycles. The second-order valence-electron chi connectivity index (χ2n) is 9.74. The quantitative estimate of drug-likeness (QED) is 0.315. The number of sulfonamides is 1.